The third-order valence-corrected chi connectivity index (χ3v) is 4.56. The lowest BCUT2D eigenvalue weighted by atomic mass is 10.0. The van der Waals surface area contributed by atoms with Crippen molar-refractivity contribution in [1.29, 1.82) is 0 Å². The Morgan fingerprint density at radius 1 is 1.12 bits per heavy atom. The summed E-state index contributed by atoms with van der Waals surface area (Å²) in [5.74, 6) is -0.880. The first-order valence-electron chi connectivity index (χ1n) is 8.64. The van der Waals surface area contributed by atoms with Crippen LogP contribution in [0.25, 0.3) is 0 Å². The van der Waals surface area contributed by atoms with E-state index in [1.54, 1.807) is 25.1 Å². The van der Waals surface area contributed by atoms with Crippen molar-refractivity contribution in [3.05, 3.63) is 70.5 Å². The zero-order chi connectivity index (χ0) is 19.3. The molecule has 5 heteroatoms. The number of halogens is 1. The Kier molecular flexibility index (Phi) is 6.50. The second-order valence-corrected chi connectivity index (χ2v) is 6.51. The molecule has 0 saturated heterocycles. The topological polar surface area (TPSA) is 49.4 Å². The lowest BCUT2D eigenvalue weighted by Crippen LogP contribution is -2.47. The Labute approximate surface area is 154 Å². The van der Waals surface area contributed by atoms with Crippen molar-refractivity contribution in [3.8, 4) is 0 Å². The number of nitrogens with one attached hydrogen (secondary N) is 1. The van der Waals surface area contributed by atoms with Gasteiger partial charge in [0, 0.05) is 19.2 Å². The van der Waals surface area contributed by atoms with Crippen LogP contribution in [0.1, 0.15) is 29.2 Å². The number of aryl methyl sites for hydroxylation is 2. The molecule has 1 unspecified atom stereocenters. The average molecular weight is 356 g/mol. The van der Waals surface area contributed by atoms with Crippen LogP contribution in [0.2, 0.25) is 0 Å². The summed E-state index contributed by atoms with van der Waals surface area (Å²) in [5, 5.41) is 2.56. The predicted molar refractivity (Wildman–Crippen MR) is 100 cm³/mol. The number of carbonyl (C=O) groups excluding carboxylic acids is 2. The van der Waals surface area contributed by atoms with Crippen molar-refractivity contribution in [2.24, 2.45) is 0 Å². The molecule has 0 aliphatic rings. The monoisotopic (exact) mass is 356 g/mol. The highest BCUT2D eigenvalue weighted by Gasteiger charge is 2.26. The molecule has 138 valence electrons. The fourth-order valence-electron chi connectivity index (χ4n) is 2.86. The van der Waals surface area contributed by atoms with E-state index >= 15 is 0 Å². The van der Waals surface area contributed by atoms with Crippen LogP contribution in [0.5, 0.6) is 0 Å². The summed E-state index contributed by atoms with van der Waals surface area (Å²) < 4.78 is 14.1. The van der Waals surface area contributed by atoms with Gasteiger partial charge in [-0.3, -0.25) is 9.59 Å². The molecular weight excluding hydrogens is 331 g/mol. The van der Waals surface area contributed by atoms with E-state index in [-0.39, 0.29) is 30.6 Å². The summed E-state index contributed by atoms with van der Waals surface area (Å²) in [4.78, 5) is 26.5. The van der Waals surface area contributed by atoms with Crippen molar-refractivity contribution in [3.63, 3.8) is 0 Å². The molecule has 0 aliphatic heterocycles. The van der Waals surface area contributed by atoms with Gasteiger partial charge in [-0.15, -0.1) is 0 Å². The molecule has 1 atom stereocenters. The van der Waals surface area contributed by atoms with Gasteiger partial charge in [-0.2, -0.15) is 0 Å². The van der Waals surface area contributed by atoms with Crippen LogP contribution in [-0.4, -0.2) is 29.8 Å². The number of hydrogen-bond acceptors (Lipinski definition) is 2. The van der Waals surface area contributed by atoms with Gasteiger partial charge in [0.1, 0.15) is 11.9 Å². The van der Waals surface area contributed by atoms with Gasteiger partial charge in [0.25, 0.3) is 0 Å². The molecule has 0 saturated carbocycles. The molecule has 1 N–H and O–H groups in total. The van der Waals surface area contributed by atoms with Crippen molar-refractivity contribution in [2.45, 2.75) is 39.8 Å². The average Bonchev–Trinajstić information content (AvgIpc) is 2.62. The quantitative estimate of drug-likeness (QED) is 0.864. The van der Waals surface area contributed by atoms with Crippen LogP contribution in [-0.2, 0) is 22.6 Å². The van der Waals surface area contributed by atoms with Crippen molar-refractivity contribution in [2.75, 3.05) is 7.05 Å². The van der Waals surface area contributed by atoms with Crippen LogP contribution in [0.15, 0.2) is 42.5 Å². The Morgan fingerprint density at radius 3 is 2.46 bits per heavy atom. The van der Waals surface area contributed by atoms with Gasteiger partial charge in [-0.1, -0.05) is 42.0 Å². The highest BCUT2D eigenvalue weighted by atomic mass is 19.1. The number of carbonyl (C=O) groups is 2. The Bertz CT molecular complexity index is 804. The SMILES string of the molecule is CNC(=O)C(C)N(Cc1ccccc1F)C(=O)Cc1cc(C)ccc1C. The molecule has 0 spiro atoms. The molecular formula is C21H25FN2O2. The molecule has 2 aromatic rings. The summed E-state index contributed by atoms with van der Waals surface area (Å²) in [5.41, 5.74) is 3.39. The van der Waals surface area contributed by atoms with E-state index in [0.29, 0.717) is 5.56 Å². The normalized spacial score (nSPS) is 11.7. The largest absolute Gasteiger partial charge is 0.357 e. The molecule has 4 nitrogen and oxygen atoms in total. The van der Waals surface area contributed by atoms with E-state index in [0.717, 1.165) is 16.7 Å². The Hall–Kier alpha value is -2.69. The number of likely N-dealkylation sites (N-methyl/N-ethyl adjacent to an activating group) is 1. The van der Waals surface area contributed by atoms with Gasteiger partial charge in [-0.25, -0.2) is 4.39 Å². The van der Waals surface area contributed by atoms with Gasteiger partial charge < -0.3 is 10.2 Å². The van der Waals surface area contributed by atoms with Crippen LogP contribution in [0.4, 0.5) is 4.39 Å². The molecule has 0 aromatic heterocycles. The predicted octanol–water partition coefficient (Wildman–Crippen LogP) is 3.15. The zero-order valence-corrected chi connectivity index (χ0v) is 15.7. The van der Waals surface area contributed by atoms with Gasteiger partial charge in [0.05, 0.1) is 6.42 Å². The third kappa shape index (κ3) is 4.69. The maximum atomic E-state index is 14.1. The van der Waals surface area contributed by atoms with Crippen LogP contribution in [0.3, 0.4) is 0 Å². The fraction of sp³-hybridized carbons (Fsp3) is 0.333. The Balaban J connectivity index is 2.30. The summed E-state index contributed by atoms with van der Waals surface area (Å²) in [6.07, 6.45) is 0.170. The smallest absolute Gasteiger partial charge is 0.242 e. The summed E-state index contributed by atoms with van der Waals surface area (Å²) in [6, 6.07) is 11.5. The molecule has 0 fully saturated rings. The van der Waals surface area contributed by atoms with Gasteiger partial charge in [0.2, 0.25) is 11.8 Å². The number of hydrogen-bond donors (Lipinski definition) is 1. The first kappa shape index (κ1) is 19.6. The van der Waals surface area contributed by atoms with E-state index < -0.39 is 6.04 Å². The molecule has 2 amide bonds. The molecule has 0 radical (unpaired) electrons. The van der Waals surface area contributed by atoms with Gasteiger partial charge in [-0.05, 0) is 38.0 Å². The van der Waals surface area contributed by atoms with E-state index in [4.69, 9.17) is 0 Å². The molecule has 0 heterocycles. The first-order chi connectivity index (χ1) is 12.3. The van der Waals surface area contributed by atoms with E-state index in [9.17, 15) is 14.0 Å². The second kappa shape index (κ2) is 8.61. The van der Waals surface area contributed by atoms with E-state index in [2.05, 4.69) is 5.32 Å². The molecule has 2 aromatic carbocycles. The molecule has 0 bridgehead atoms. The van der Waals surface area contributed by atoms with Crippen molar-refractivity contribution in [1.82, 2.24) is 10.2 Å². The van der Waals surface area contributed by atoms with Gasteiger partial charge in [0.15, 0.2) is 0 Å². The third-order valence-electron chi connectivity index (χ3n) is 4.56. The Morgan fingerprint density at radius 2 is 1.81 bits per heavy atom. The minimum absolute atomic E-state index is 0.0466. The fourth-order valence-corrected chi connectivity index (χ4v) is 2.86. The number of benzene rings is 2. The summed E-state index contributed by atoms with van der Waals surface area (Å²) >= 11 is 0. The minimum Gasteiger partial charge on any atom is -0.357 e. The van der Waals surface area contributed by atoms with Crippen LogP contribution < -0.4 is 5.32 Å². The lowest BCUT2D eigenvalue weighted by Gasteiger charge is -2.29. The molecule has 2 rings (SSSR count). The minimum atomic E-state index is -0.697. The molecule has 26 heavy (non-hydrogen) atoms. The maximum Gasteiger partial charge on any atom is 0.242 e. The number of rotatable bonds is 6. The zero-order valence-electron chi connectivity index (χ0n) is 15.7. The maximum absolute atomic E-state index is 14.1. The van der Waals surface area contributed by atoms with Crippen LogP contribution >= 0.6 is 0 Å². The number of amides is 2. The van der Waals surface area contributed by atoms with Crippen molar-refractivity contribution >= 4 is 11.8 Å². The number of nitrogens with zero attached hydrogens (tertiary/aromatic N) is 1. The standard InChI is InChI=1S/C21H25FN2O2/c1-14-9-10-15(2)18(11-14)12-20(25)24(16(3)21(26)23-4)13-17-7-5-6-8-19(17)22/h5-11,16H,12-13H2,1-4H3,(H,23,26). The van der Waals surface area contributed by atoms with Gasteiger partial charge >= 0.3 is 0 Å². The van der Waals surface area contributed by atoms with Crippen LogP contribution in [0, 0.1) is 19.7 Å². The summed E-state index contributed by atoms with van der Waals surface area (Å²) in [7, 11) is 1.52. The second-order valence-electron chi connectivity index (χ2n) is 6.51. The van der Waals surface area contributed by atoms with Crippen molar-refractivity contribution < 1.29 is 14.0 Å². The molecule has 0 aliphatic carbocycles. The van der Waals surface area contributed by atoms with E-state index in [1.807, 2.05) is 32.0 Å². The van der Waals surface area contributed by atoms with E-state index in [1.165, 1.54) is 18.0 Å². The highest BCUT2D eigenvalue weighted by Crippen LogP contribution is 2.17. The first-order valence-corrected chi connectivity index (χ1v) is 8.64. The lowest BCUT2D eigenvalue weighted by molar-refractivity contribution is -0.139. The summed E-state index contributed by atoms with van der Waals surface area (Å²) in [6.45, 7) is 5.62. The highest BCUT2D eigenvalue weighted by molar-refractivity contribution is 5.88.